The number of pyridine rings is 1. The molecule has 0 aliphatic rings. The van der Waals surface area contributed by atoms with E-state index in [9.17, 15) is 8.42 Å². The molecule has 0 saturated carbocycles. The van der Waals surface area contributed by atoms with Crippen LogP contribution in [0.2, 0.25) is 0 Å². The molecule has 3 aromatic heterocycles. The number of aromatic nitrogens is 4. The van der Waals surface area contributed by atoms with Gasteiger partial charge in [-0.2, -0.15) is 0 Å². The highest BCUT2D eigenvalue weighted by molar-refractivity contribution is 7.91. The Morgan fingerprint density at radius 2 is 1.78 bits per heavy atom. The molecule has 0 saturated heterocycles. The van der Waals surface area contributed by atoms with Crippen molar-refractivity contribution in [2.24, 2.45) is 0 Å². The molecule has 7 nitrogen and oxygen atoms in total. The zero-order valence-electron chi connectivity index (χ0n) is 14.3. The molecule has 0 aliphatic heterocycles. The number of nitrogens with zero attached hydrogens (tertiary/aromatic N) is 4. The Morgan fingerprint density at radius 1 is 1.00 bits per heavy atom. The largest absolute Gasteiger partial charge is 0.370 e. The molecule has 0 atom stereocenters. The first-order chi connectivity index (χ1) is 12.6. The lowest BCUT2D eigenvalue weighted by molar-refractivity contribution is 0.597. The smallest absolute Gasteiger partial charge is 0.214 e. The molecule has 0 amide bonds. The lowest BCUT2D eigenvalue weighted by atomic mass is 10.2. The Hall–Kier alpha value is -2.97. The van der Waals surface area contributed by atoms with E-state index >= 15 is 0 Å². The Bertz CT molecular complexity index is 1180. The molecule has 1 N–H and O–H groups in total. The zero-order chi connectivity index (χ0) is 18.1. The number of nitrogens with one attached hydrogen (secondary N) is 1. The van der Waals surface area contributed by atoms with Gasteiger partial charge in [0.25, 0.3) is 0 Å². The predicted octanol–water partition coefficient (Wildman–Crippen LogP) is 3.09. The topological polar surface area (TPSA) is 89.2 Å². The number of benzene rings is 1. The quantitative estimate of drug-likeness (QED) is 0.565. The lowest BCUT2D eigenvalue weighted by Gasteiger charge is -2.05. The molecule has 3 heterocycles. The molecule has 9 heteroatoms. The summed E-state index contributed by atoms with van der Waals surface area (Å²) in [6.07, 6.45) is 4.94. The van der Waals surface area contributed by atoms with Crippen molar-refractivity contribution < 1.29 is 8.42 Å². The van der Waals surface area contributed by atoms with E-state index in [0.29, 0.717) is 5.69 Å². The number of rotatable bonds is 4. The van der Waals surface area contributed by atoms with Gasteiger partial charge in [0.2, 0.25) is 9.84 Å². The number of fused-ring (bicyclic) bond motifs is 1. The van der Waals surface area contributed by atoms with E-state index < -0.39 is 9.84 Å². The van der Waals surface area contributed by atoms with Crippen LogP contribution in [0.25, 0.3) is 16.9 Å². The number of hydrogen-bond acceptors (Lipinski definition) is 6. The molecule has 0 fully saturated rings. The van der Waals surface area contributed by atoms with Gasteiger partial charge in [-0.3, -0.25) is 4.98 Å². The van der Waals surface area contributed by atoms with E-state index in [4.69, 9.17) is 0 Å². The van der Waals surface area contributed by atoms with Gasteiger partial charge >= 0.3 is 0 Å². The van der Waals surface area contributed by atoms with Crippen LogP contribution in [0.4, 0.5) is 5.82 Å². The normalized spacial score (nSPS) is 11.1. The summed E-state index contributed by atoms with van der Waals surface area (Å²) in [7, 11) is -2.15. The molecule has 4 aromatic rings. The van der Waals surface area contributed by atoms with E-state index in [1.54, 1.807) is 62.0 Å². The van der Waals surface area contributed by atoms with Gasteiger partial charge in [-0.1, -0.05) is 18.2 Å². The van der Waals surface area contributed by atoms with Gasteiger partial charge in [0, 0.05) is 31.2 Å². The number of anilines is 1. The van der Waals surface area contributed by atoms with Crippen molar-refractivity contribution >= 4 is 33.7 Å². The monoisotopic (exact) mass is 401 g/mol. The van der Waals surface area contributed by atoms with E-state index in [1.165, 1.54) is 4.52 Å². The Morgan fingerprint density at radius 3 is 2.44 bits per heavy atom. The SMILES string of the molecule is CNc1nn2c(-c3cccnc3)ccnc2c1S(=O)(=O)c1ccccc1.Cl. The Labute approximate surface area is 162 Å². The zero-order valence-corrected chi connectivity index (χ0v) is 15.9. The summed E-state index contributed by atoms with van der Waals surface area (Å²) in [5, 5.41) is 7.31. The van der Waals surface area contributed by atoms with Crippen molar-refractivity contribution in [3.8, 4) is 11.3 Å². The average molecular weight is 402 g/mol. The van der Waals surface area contributed by atoms with Crippen LogP contribution in [0.15, 0.2) is 76.9 Å². The van der Waals surface area contributed by atoms with Crippen LogP contribution in [0, 0.1) is 0 Å². The van der Waals surface area contributed by atoms with Crippen molar-refractivity contribution in [2.75, 3.05) is 12.4 Å². The molecular formula is C18H16ClN5O2S. The summed E-state index contributed by atoms with van der Waals surface area (Å²) in [5.41, 5.74) is 1.78. The third-order valence-corrected chi connectivity index (χ3v) is 5.80. The first-order valence-electron chi connectivity index (χ1n) is 7.89. The molecule has 0 bridgehead atoms. The van der Waals surface area contributed by atoms with Crippen molar-refractivity contribution in [3.05, 3.63) is 67.1 Å². The molecule has 27 heavy (non-hydrogen) atoms. The van der Waals surface area contributed by atoms with E-state index in [-0.39, 0.29) is 33.7 Å². The molecular weight excluding hydrogens is 386 g/mol. The second-order valence-corrected chi connectivity index (χ2v) is 7.44. The highest BCUT2D eigenvalue weighted by atomic mass is 35.5. The second kappa shape index (κ2) is 7.34. The molecule has 1 aromatic carbocycles. The first kappa shape index (κ1) is 18.8. The van der Waals surface area contributed by atoms with Crippen molar-refractivity contribution in [1.29, 1.82) is 0 Å². The maximum atomic E-state index is 13.2. The highest BCUT2D eigenvalue weighted by Gasteiger charge is 2.29. The highest BCUT2D eigenvalue weighted by Crippen LogP contribution is 2.32. The number of hydrogen-bond donors (Lipinski definition) is 1. The van der Waals surface area contributed by atoms with Crippen LogP contribution in [-0.2, 0) is 9.84 Å². The summed E-state index contributed by atoms with van der Waals surface area (Å²) >= 11 is 0. The molecule has 0 radical (unpaired) electrons. The summed E-state index contributed by atoms with van der Waals surface area (Å²) < 4.78 is 27.9. The third kappa shape index (κ3) is 3.13. The first-order valence-corrected chi connectivity index (χ1v) is 9.37. The van der Waals surface area contributed by atoms with Gasteiger partial charge in [0.05, 0.1) is 10.6 Å². The van der Waals surface area contributed by atoms with Gasteiger partial charge in [-0.25, -0.2) is 17.9 Å². The summed E-state index contributed by atoms with van der Waals surface area (Å²) in [4.78, 5) is 8.65. The van der Waals surface area contributed by atoms with Crippen molar-refractivity contribution in [1.82, 2.24) is 19.6 Å². The number of sulfone groups is 1. The Kier molecular flexibility index (Phi) is 5.11. The fraction of sp³-hybridized carbons (Fsp3) is 0.0556. The molecule has 0 unspecified atom stereocenters. The summed E-state index contributed by atoms with van der Waals surface area (Å²) in [6.45, 7) is 0. The minimum atomic E-state index is -3.79. The predicted molar refractivity (Wildman–Crippen MR) is 105 cm³/mol. The van der Waals surface area contributed by atoms with Crippen LogP contribution < -0.4 is 5.32 Å². The molecule has 138 valence electrons. The van der Waals surface area contributed by atoms with Crippen LogP contribution in [0.1, 0.15) is 0 Å². The standard InChI is InChI=1S/C18H15N5O2S.ClH/c1-19-17-16(26(24,25)14-7-3-2-4-8-14)18-21-11-9-15(23(18)22-17)13-6-5-10-20-12-13;/h2-12H,1H3,(H,19,22);1H. The minimum absolute atomic E-state index is 0. The van der Waals surface area contributed by atoms with Gasteiger partial charge < -0.3 is 5.32 Å². The van der Waals surface area contributed by atoms with Crippen molar-refractivity contribution in [3.63, 3.8) is 0 Å². The maximum absolute atomic E-state index is 13.2. The fourth-order valence-electron chi connectivity index (χ4n) is 2.79. The molecule has 4 rings (SSSR count). The summed E-state index contributed by atoms with van der Waals surface area (Å²) in [6, 6.07) is 13.7. The van der Waals surface area contributed by atoms with Gasteiger partial charge in [-0.15, -0.1) is 17.5 Å². The van der Waals surface area contributed by atoms with Crippen LogP contribution in [0.5, 0.6) is 0 Å². The lowest BCUT2D eigenvalue weighted by Crippen LogP contribution is -2.05. The van der Waals surface area contributed by atoms with E-state index in [1.807, 2.05) is 12.1 Å². The van der Waals surface area contributed by atoms with E-state index in [0.717, 1.165) is 5.56 Å². The van der Waals surface area contributed by atoms with Crippen LogP contribution in [0.3, 0.4) is 0 Å². The second-order valence-electron chi connectivity index (χ2n) is 5.55. The van der Waals surface area contributed by atoms with Gasteiger partial charge in [0.1, 0.15) is 0 Å². The molecule has 0 spiro atoms. The Balaban J connectivity index is 0.00000210. The maximum Gasteiger partial charge on any atom is 0.214 e. The summed E-state index contributed by atoms with van der Waals surface area (Å²) in [5.74, 6) is 0.248. The minimum Gasteiger partial charge on any atom is -0.370 e. The number of halogens is 1. The third-order valence-electron chi connectivity index (χ3n) is 3.99. The van der Waals surface area contributed by atoms with Gasteiger partial charge in [-0.05, 0) is 30.3 Å². The van der Waals surface area contributed by atoms with Crippen LogP contribution in [-0.4, -0.2) is 35.0 Å². The van der Waals surface area contributed by atoms with Crippen molar-refractivity contribution in [2.45, 2.75) is 9.79 Å². The van der Waals surface area contributed by atoms with Crippen LogP contribution >= 0.6 is 12.4 Å². The average Bonchev–Trinajstić information content (AvgIpc) is 3.09. The fourth-order valence-corrected chi connectivity index (χ4v) is 4.31. The molecule has 0 aliphatic carbocycles. The van der Waals surface area contributed by atoms with E-state index in [2.05, 4.69) is 20.4 Å². The van der Waals surface area contributed by atoms with Gasteiger partial charge in [0.15, 0.2) is 16.4 Å².